The summed E-state index contributed by atoms with van der Waals surface area (Å²) in [7, 11) is -1.24. The van der Waals surface area contributed by atoms with Crippen LogP contribution in [0.5, 0.6) is 0 Å². The van der Waals surface area contributed by atoms with Gasteiger partial charge < -0.3 is 10.8 Å². The third-order valence-corrected chi connectivity index (χ3v) is 2.41. The van der Waals surface area contributed by atoms with Gasteiger partial charge in [-0.1, -0.05) is 13.3 Å². The van der Waals surface area contributed by atoms with Crippen molar-refractivity contribution in [1.29, 1.82) is 0 Å². The van der Waals surface area contributed by atoms with Crippen LogP contribution in [-0.4, -0.2) is 21.0 Å². The third kappa shape index (κ3) is 4.90. The van der Waals surface area contributed by atoms with Crippen LogP contribution >= 0.6 is 0 Å². The zero-order valence-corrected chi connectivity index (χ0v) is 7.76. The van der Waals surface area contributed by atoms with Crippen molar-refractivity contribution >= 4 is 16.8 Å². The highest BCUT2D eigenvalue weighted by molar-refractivity contribution is 7.88. The Kier molecular flexibility index (Phi) is 5.36. The first-order valence-electron chi connectivity index (χ1n) is 3.65. The van der Waals surface area contributed by atoms with Crippen LogP contribution in [0, 0.1) is 0 Å². The number of nitrogens with two attached hydrogens (primary N) is 1. The van der Waals surface area contributed by atoms with Gasteiger partial charge in [0.15, 0.2) is 0 Å². The van der Waals surface area contributed by atoms with Crippen LogP contribution in [0.2, 0.25) is 0 Å². The van der Waals surface area contributed by atoms with Crippen molar-refractivity contribution in [3.05, 3.63) is 11.1 Å². The number of unbranched alkanes of at least 4 members (excludes halogenated alkanes) is 1. The Morgan fingerprint density at radius 3 is 2.67 bits per heavy atom. The number of hydrogen-bond donors (Lipinski definition) is 2. The molecule has 4 nitrogen and oxygen atoms in total. The maximum atomic E-state index is 11.0. The van der Waals surface area contributed by atoms with Gasteiger partial charge in [0.1, 0.15) is 5.70 Å². The van der Waals surface area contributed by atoms with Gasteiger partial charge in [-0.2, -0.15) is 0 Å². The number of rotatable bonds is 5. The van der Waals surface area contributed by atoms with E-state index >= 15 is 0 Å². The summed E-state index contributed by atoms with van der Waals surface area (Å²) in [4.78, 5) is 10.2. The molecule has 1 unspecified atom stereocenters. The molecule has 0 amide bonds. The molecule has 0 aliphatic carbocycles. The maximum Gasteiger partial charge on any atom is 0.352 e. The van der Waals surface area contributed by atoms with Crippen molar-refractivity contribution in [3.63, 3.8) is 0 Å². The van der Waals surface area contributed by atoms with Gasteiger partial charge in [-0.05, 0) is 6.42 Å². The van der Waals surface area contributed by atoms with Crippen LogP contribution in [-0.2, 0) is 15.6 Å². The Morgan fingerprint density at radius 1 is 1.67 bits per heavy atom. The fourth-order valence-corrected chi connectivity index (χ4v) is 1.61. The predicted octanol–water partition coefficient (Wildman–Crippen LogP) is 0.420. The van der Waals surface area contributed by atoms with Crippen LogP contribution in [0.1, 0.15) is 19.8 Å². The highest BCUT2D eigenvalue weighted by Gasteiger charge is 2.02. The van der Waals surface area contributed by atoms with Crippen molar-refractivity contribution < 1.29 is 14.1 Å². The average molecular weight is 191 g/mol. The number of carboxylic acids is 1. The van der Waals surface area contributed by atoms with Crippen LogP contribution < -0.4 is 5.73 Å². The van der Waals surface area contributed by atoms with Crippen LogP contribution in [0.15, 0.2) is 11.1 Å². The van der Waals surface area contributed by atoms with Crippen LogP contribution in [0.25, 0.3) is 0 Å². The molecule has 12 heavy (non-hydrogen) atoms. The van der Waals surface area contributed by atoms with Gasteiger partial charge >= 0.3 is 5.97 Å². The largest absolute Gasteiger partial charge is 0.477 e. The fraction of sp³-hybridized carbons (Fsp3) is 0.571. The summed E-state index contributed by atoms with van der Waals surface area (Å²) < 4.78 is 11.0. The molecule has 0 aliphatic rings. The lowest BCUT2D eigenvalue weighted by molar-refractivity contribution is -0.132. The van der Waals surface area contributed by atoms with E-state index in [1.54, 1.807) is 0 Å². The summed E-state index contributed by atoms with van der Waals surface area (Å²) in [6, 6.07) is 0. The van der Waals surface area contributed by atoms with Crippen LogP contribution in [0.3, 0.4) is 0 Å². The SMILES string of the molecule is CCCCS(=O)C=C(N)C(=O)O. The van der Waals surface area contributed by atoms with Crippen molar-refractivity contribution in [3.8, 4) is 0 Å². The van der Waals surface area contributed by atoms with Gasteiger partial charge in [-0.25, -0.2) is 4.79 Å². The van der Waals surface area contributed by atoms with Crippen molar-refractivity contribution in [2.24, 2.45) is 5.73 Å². The van der Waals surface area contributed by atoms with Gasteiger partial charge in [0, 0.05) is 22.0 Å². The van der Waals surface area contributed by atoms with E-state index in [9.17, 15) is 9.00 Å². The zero-order chi connectivity index (χ0) is 9.56. The van der Waals surface area contributed by atoms with E-state index in [-0.39, 0.29) is 5.70 Å². The first-order valence-corrected chi connectivity index (χ1v) is 5.04. The van der Waals surface area contributed by atoms with E-state index in [4.69, 9.17) is 10.8 Å². The summed E-state index contributed by atoms with van der Waals surface area (Å²) >= 11 is 0. The quantitative estimate of drug-likeness (QED) is 0.617. The number of hydrogen-bond acceptors (Lipinski definition) is 3. The molecular formula is C7H13NO3S. The molecule has 0 saturated carbocycles. The minimum Gasteiger partial charge on any atom is -0.477 e. The lowest BCUT2D eigenvalue weighted by atomic mass is 10.4. The fourth-order valence-electron chi connectivity index (χ4n) is 0.538. The van der Waals surface area contributed by atoms with Gasteiger partial charge in [0.2, 0.25) is 0 Å². The zero-order valence-electron chi connectivity index (χ0n) is 6.95. The molecule has 0 aromatic rings. The van der Waals surface area contributed by atoms with E-state index in [1.165, 1.54) is 0 Å². The molecule has 0 radical (unpaired) electrons. The second kappa shape index (κ2) is 5.77. The lowest BCUT2D eigenvalue weighted by Crippen LogP contribution is -2.11. The van der Waals surface area contributed by atoms with E-state index in [0.29, 0.717) is 5.75 Å². The van der Waals surface area contributed by atoms with Crippen molar-refractivity contribution in [1.82, 2.24) is 0 Å². The van der Waals surface area contributed by atoms with E-state index in [2.05, 4.69) is 0 Å². The van der Waals surface area contributed by atoms with Gasteiger partial charge in [0.25, 0.3) is 0 Å². The summed E-state index contributed by atoms with van der Waals surface area (Å²) in [5.41, 5.74) is 4.71. The van der Waals surface area contributed by atoms with Crippen LogP contribution in [0.4, 0.5) is 0 Å². The highest BCUT2D eigenvalue weighted by atomic mass is 32.2. The molecule has 0 aliphatic heterocycles. The van der Waals surface area contributed by atoms with Crippen molar-refractivity contribution in [2.45, 2.75) is 19.8 Å². The summed E-state index contributed by atoms with van der Waals surface area (Å²) in [5.74, 6) is -0.746. The molecule has 0 fully saturated rings. The van der Waals surface area contributed by atoms with Gasteiger partial charge in [-0.15, -0.1) is 0 Å². The monoisotopic (exact) mass is 191 g/mol. The Morgan fingerprint density at radius 2 is 2.25 bits per heavy atom. The second-order valence-corrected chi connectivity index (χ2v) is 3.72. The Hall–Kier alpha value is -0.840. The third-order valence-electron chi connectivity index (χ3n) is 1.20. The van der Waals surface area contributed by atoms with Gasteiger partial charge in [-0.3, -0.25) is 4.21 Å². The molecule has 3 N–H and O–H groups in total. The molecule has 0 bridgehead atoms. The molecule has 0 spiro atoms. The highest BCUT2D eigenvalue weighted by Crippen LogP contribution is 1.95. The standard InChI is InChI=1S/C7H13NO3S/c1-2-3-4-12(11)5-6(8)7(9)10/h5H,2-4,8H2,1H3,(H,9,10). The molecule has 70 valence electrons. The first-order chi connectivity index (χ1) is 5.57. The lowest BCUT2D eigenvalue weighted by Gasteiger charge is -1.95. The van der Waals surface area contributed by atoms with E-state index in [0.717, 1.165) is 18.2 Å². The Balaban J connectivity index is 3.97. The Labute approximate surface area is 73.9 Å². The number of carboxylic acid groups (broad SMARTS) is 1. The van der Waals surface area contributed by atoms with Crippen molar-refractivity contribution in [2.75, 3.05) is 5.75 Å². The topological polar surface area (TPSA) is 80.4 Å². The molecule has 0 aromatic heterocycles. The Bertz CT molecular complexity index is 213. The smallest absolute Gasteiger partial charge is 0.352 e. The molecule has 0 saturated heterocycles. The molecule has 0 rings (SSSR count). The van der Waals surface area contributed by atoms with E-state index < -0.39 is 16.8 Å². The number of aliphatic carboxylic acids is 1. The normalized spacial score (nSPS) is 14.2. The first kappa shape index (κ1) is 11.2. The maximum absolute atomic E-state index is 11.0. The average Bonchev–Trinajstić information content (AvgIpc) is 2.00. The summed E-state index contributed by atoms with van der Waals surface area (Å²) in [6.07, 6.45) is 1.75. The van der Waals surface area contributed by atoms with E-state index in [1.807, 2.05) is 6.92 Å². The van der Waals surface area contributed by atoms with Gasteiger partial charge in [0.05, 0.1) is 0 Å². The summed E-state index contributed by atoms with van der Waals surface area (Å²) in [6.45, 7) is 1.97. The number of carbonyl (C=O) groups is 1. The molecule has 1 atom stereocenters. The minimum atomic E-state index is -1.24. The predicted molar refractivity (Wildman–Crippen MR) is 47.8 cm³/mol. The molecule has 0 aromatic carbocycles. The molecular weight excluding hydrogens is 178 g/mol. The summed E-state index contributed by atoms with van der Waals surface area (Å²) in [5, 5.41) is 9.41. The molecule has 0 heterocycles. The second-order valence-electron chi connectivity index (χ2n) is 2.32. The minimum absolute atomic E-state index is 0.343. The molecule has 5 heteroatoms.